The molecule has 2 heteroatoms. The molecule has 0 saturated carbocycles. The molecule has 0 fully saturated rings. The van der Waals surface area contributed by atoms with Crippen molar-refractivity contribution in [3.8, 4) is 22.3 Å². The summed E-state index contributed by atoms with van der Waals surface area (Å²) in [5, 5.41) is 0. The zero-order valence-corrected chi connectivity index (χ0v) is 35.5. The van der Waals surface area contributed by atoms with Crippen LogP contribution in [0.25, 0.3) is 27.8 Å². The van der Waals surface area contributed by atoms with E-state index in [4.69, 9.17) is 0 Å². The van der Waals surface area contributed by atoms with Crippen molar-refractivity contribution in [1.29, 1.82) is 0 Å². The molecule has 0 radical (unpaired) electrons. The highest BCUT2D eigenvalue weighted by molar-refractivity contribution is 5.92. The second-order valence-corrected chi connectivity index (χ2v) is 18.4. The van der Waals surface area contributed by atoms with Gasteiger partial charge in [-0.25, -0.2) is 0 Å². The average molecular weight is 811 g/mol. The van der Waals surface area contributed by atoms with Crippen LogP contribution >= 0.6 is 0 Å². The van der Waals surface area contributed by atoms with E-state index in [0.29, 0.717) is 5.92 Å². The van der Waals surface area contributed by atoms with Crippen molar-refractivity contribution in [3.05, 3.63) is 251 Å². The van der Waals surface area contributed by atoms with Gasteiger partial charge in [0.1, 0.15) is 0 Å². The first-order chi connectivity index (χ1) is 31.3. The molecular formula is C61H50N2. The number of rotatable bonds is 6. The van der Waals surface area contributed by atoms with Crippen molar-refractivity contribution in [3.63, 3.8) is 0 Å². The number of para-hydroxylation sites is 2. The second-order valence-electron chi connectivity index (χ2n) is 18.4. The molecule has 0 heterocycles. The Kier molecular flexibility index (Phi) is 8.51. The molecule has 7 aromatic rings. The van der Waals surface area contributed by atoms with Crippen molar-refractivity contribution in [1.82, 2.24) is 0 Å². The lowest BCUT2D eigenvalue weighted by molar-refractivity contribution is 0.359. The van der Waals surface area contributed by atoms with Gasteiger partial charge in [-0.15, -0.1) is 0 Å². The highest BCUT2D eigenvalue weighted by Gasteiger charge is 2.60. The largest absolute Gasteiger partial charge is 0.338 e. The molecule has 63 heavy (non-hydrogen) atoms. The van der Waals surface area contributed by atoms with E-state index in [0.717, 1.165) is 32.1 Å². The lowest BCUT2D eigenvalue weighted by Crippen LogP contribution is -2.45. The molecule has 6 aliphatic rings. The van der Waals surface area contributed by atoms with Crippen LogP contribution in [-0.2, 0) is 5.41 Å². The Morgan fingerprint density at radius 3 is 1.89 bits per heavy atom. The topological polar surface area (TPSA) is 6.48 Å². The molecule has 304 valence electrons. The maximum Gasteiger partial charge on any atom is 0.0536 e. The fourth-order valence-electron chi connectivity index (χ4n) is 13.2. The van der Waals surface area contributed by atoms with E-state index >= 15 is 0 Å². The Labute approximate surface area is 371 Å². The van der Waals surface area contributed by atoms with E-state index in [1.165, 1.54) is 84.0 Å². The van der Waals surface area contributed by atoms with Crippen LogP contribution in [0.2, 0.25) is 0 Å². The zero-order chi connectivity index (χ0) is 41.5. The summed E-state index contributed by atoms with van der Waals surface area (Å²) in [6, 6.07) is 67.6. The van der Waals surface area contributed by atoms with Crippen molar-refractivity contribution >= 4 is 22.6 Å². The van der Waals surface area contributed by atoms with Crippen LogP contribution in [-0.4, -0.2) is 12.1 Å². The monoisotopic (exact) mass is 810 g/mol. The first-order valence-corrected chi connectivity index (χ1v) is 23.2. The van der Waals surface area contributed by atoms with Crippen LogP contribution in [0.3, 0.4) is 0 Å². The third-order valence-corrected chi connectivity index (χ3v) is 15.5. The third kappa shape index (κ3) is 5.43. The normalized spacial score (nSPS) is 24.2. The van der Waals surface area contributed by atoms with Gasteiger partial charge in [0.05, 0.1) is 5.41 Å². The minimum absolute atomic E-state index is 0.231. The van der Waals surface area contributed by atoms with Crippen LogP contribution in [0, 0.1) is 5.92 Å². The number of nitrogens with zero attached hydrogens (tertiary/aromatic N) is 2. The van der Waals surface area contributed by atoms with E-state index in [1.807, 2.05) is 0 Å². The summed E-state index contributed by atoms with van der Waals surface area (Å²) in [4.78, 5) is 5.39. The molecule has 6 unspecified atom stereocenters. The van der Waals surface area contributed by atoms with E-state index in [2.05, 4.69) is 222 Å². The first kappa shape index (κ1) is 36.7. The van der Waals surface area contributed by atoms with Gasteiger partial charge in [0, 0.05) is 52.6 Å². The molecule has 1 spiro atoms. The van der Waals surface area contributed by atoms with Crippen LogP contribution in [0.5, 0.6) is 0 Å². The van der Waals surface area contributed by atoms with Crippen molar-refractivity contribution in [2.45, 2.75) is 61.4 Å². The fourth-order valence-corrected chi connectivity index (χ4v) is 13.2. The standard InChI is InChI=1S/C61H50N2/c1-4-19-41(20-5-1)62(44-35-37-50-48-27-11-10-25-46(48)47-26-12-13-28-49(47)54(50)39-44)45-36-38-52-51-29-14-16-31-55(51)61(58(52)40-45)56-32-17-15-30-53(56)60-57(61)33-18-34-59(60)63(42-21-6-2-7-22-42)43-23-8-3-9-24-43/h1-2,4-8,10-33,36-38,40,44,54,57,59-60H,3,9,34-35,39H2. The lowest BCUT2D eigenvalue weighted by atomic mass is 9.63. The predicted octanol–water partition coefficient (Wildman–Crippen LogP) is 14.9. The summed E-state index contributed by atoms with van der Waals surface area (Å²) in [6.07, 6.45) is 20.1. The van der Waals surface area contributed by atoms with Gasteiger partial charge in [-0.1, -0.05) is 170 Å². The van der Waals surface area contributed by atoms with Crippen LogP contribution in [0.15, 0.2) is 218 Å². The molecule has 0 bridgehead atoms. The third-order valence-electron chi connectivity index (χ3n) is 15.5. The van der Waals surface area contributed by atoms with Gasteiger partial charge >= 0.3 is 0 Å². The number of benzene rings is 7. The van der Waals surface area contributed by atoms with E-state index in [-0.39, 0.29) is 29.3 Å². The Morgan fingerprint density at radius 1 is 0.460 bits per heavy atom. The molecule has 6 atom stereocenters. The molecule has 0 N–H and O–H groups in total. The van der Waals surface area contributed by atoms with Gasteiger partial charge in [-0.2, -0.15) is 0 Å². The molecule has 13 rings (SSSR count). The van der Waals surface area contributed by atoms with Gasteiger partial charge in [0.25, 0.3) is 0 Å². The molecule has 0 aliphatic heterocycles. The first-order valence-electron chi connectivity index (χ1n) is 23.2. The Morgan fingerprint density at radius 2 is 1.11 bits per heavy atom. The molecule has 0 aromatic heterocycles. The number of hydrogen-bond donors (Lipinski definition) is 0. The van der Waals surface area contributed by atoms with Gasteiger partial charge in [0.15, 0.2) is 0 Å². The molecule has 6 aliphatic carbocycles. The van der Waals surface area contributed by atoms with Gasteiger partial charge in [-0.3, -0.25) is 0 Å². The Balaban J connectivity index is 0.983. The van der Waals surface area contributed by atoms with Gasteiger partial charge in [-0.05, 0) is 136 Å². The van der Waals surface area contributed by atoms with E-state index in [9.17, 15) is 0 Å². The van der Waals surface area contributed by atoms with Gasteiger partial charge in [0.2, 0.25) is 0 Å². The number of fused-ring (bicyclic) bond motifs is 16. The lowest BCUT2D eigenvalue weighted by Gasteiger charge is -2.45. The van der Waals surface area contributed by atoms with Crippen LogP contribution < -0.4 is 9.80 Å². The summed E-state index contributed by atoms with van der Waals surface area (Å²) in [6.45, 7) is 0. The maximum atomic E-state index is 2.70. The average Bonchev–Trinajstić information content (AvgIpc) is 3.83. The van der Waals surface area contributed by atoms with E-state index in [1.54, 1.807) is 0 Å². The number of hydrogen-bond acceptors (Lipinski definition) is 2. The van der Waals surface area contributed by atoms with E-state index < -0.39 is 0 Å². The summed E-state index contributed by atoms with van der Waals surface area (Å²) < 4.78 is 0. The SMILES string of the molecule is C1=CC(N(c2ccccc2)C2CC=CC3C2c2ccccc2C32c3ccccc3-c3ccc(N(c4ccccc4)C4CC=C5c6ccccc6-c6ccccc6C5C4)cc32)=CCC1. The highest BCUT2D eigenvalue weighted by atomic mass is 15.2. The summed E-state index contributed by atoms with van der Waals surface area (Å²) in [5.41, 5.74) is 20.5. The smallest absolute Gasteiger partial charge is 0.0536 e. The summed E-state index contributed by atoms with van der Waals surface area (Å²) >= 11 is 0. The molecule has 0 amide bonds. The minimum Gasteiger partial charge on any atom is -0.338 e. The Hall–Kier alpha value is -6.90. The van der Waals surface area contributed by atoms with Crippen LogP contribution in [0.1, 0.15) is 77.3 Å². The van der Waals surface area contributed by atoms with Gasteiger partial charge < -0.3 is 9.80 Å². The maximum absolute atomic E-state index is 2.70. The number of allylic oxidation sites excluding steroid dienone is 5. The summed E-state index contributed by atoms with van der Waals surface area (Å²) in [5.74, 6) is 0.848. The Bertz CT molecular complexity index is 3040. The fraction of sp³-hybridized carbons (Fsp3) is 0.180. The molecular weight excluding hydrogens is 761 g/mol. The molecule has 0 saturated heterocycles. The van der Waals surface area contributed by atoms with Crippen molar-refractivity contribution in [2.75, 3.05) is 9.80 Å². The zero-order valence-electron chi connectivity index (χ0n) is 35.5. The highest BCUT2D eigenvalue weighted by Crippen LogP contribution is 2.67. The molecule has 7 aromatic carbocycles. The molecule has 2 nitrogen and oxygen atoms in total. The summed E-state index contributed by atoms with van der Waals surface area (Å²) in [7, 11) is 0. The predicted molar refractivity (Wildman–Crippen MR) is 262 cm³/mol. The van der Waals surface area contributed by atoms with Crippen molar-refractivity contribution in [2.24, 2.45) is 5.92 Å². The van der Waals surface area contributed by atoms with Crippen molar-refractivity contribution < 1.29 is 0 Å². The second kappa shape index (κ2) is 14.6. The number of anilines is 3. The quantitative estimate of drug-likeness (QED) is 0.154. The minimum atomic E-state index is -0.342. The van der Waals surface area contributed by atoms with Crippen LogP contribution in [0.4, 0.5) is 17.1 Å².